The summed E-state index contributed by atoms with van der Waals surface area (Å²) < 4.78 is 10.7. The summed E-state index contributed by atoms with van der Waals surface area (Å²) in [6, 6.07) is 0. The van der Waals surface area contributed by atoms with Gasteiger partial charge in [0.15, 0.2) is 6.79 Å². The van der Waals surface area contributed by atoms with Crippen LogP contribution >= 0.6 is 0 Å². The smallest absolute Gasteiger partial charge is 0.328 e. The molecule has 1 heterocycles. The van der Waals surface area contributed by atoms with Crippen molar-refractivity contribution in [2.24, 2.45) is 5.92 Å². The molecule has 1 aliphatic heterocycles. The van der Waals surface area contributed by atoms with E-state index in [4.69, 9.17) is 14.6 Å². The Hall–Kier alpha value is -1.55. The maximum atomic E-state index is 10.2. The third-order valence-electron chi connectivity index (χ3n) is 2.66. The summed E-state index contributed by atoms with van der Waals surface area (Å²) >= 11 is 0. The quantitative estimate of drug-likeness (QED) is 0.585. The molecule has 0 aromatic rings. The molecule has 0 aromatic heterocycles. The van der Waals surface area contributed by atoms with Gasteiger partial charge < -0.3 is 14.6 Å². The van der Waals surface area contributed by atoms with E-state index in [0.717, 1.165) is 24.7 Å². The van der Waals surface area contributed by atoms with E-state index in [1.54, 1.807) is 6.08 Å². The van der Waals surface area contributed by atoms with Crippen molar-refractivity contribution in [1.82, 2.24) is 0 Å². The highest BCUT2D eigenvalue weighted by Crippen LogP contribution is 2.30. The molecule has 1 N–H and O–H groups in total. The molecule has 2 rings (SSSR count). The number of hydrogen-bond acceptors (Lipinski definition) is 3. The minimum atomic E-state index is -0.931. The summed E-state index contributed by atoms with van der Waals surface area (Å²) in [6.07, 6.45) is 10.5. The maximum Gasteiger partial charge on any atom is 0.328 e. The van der Waals surface area contributed by atoms with Crippen molar-refractivity contribution in [3.63, 3.8) is 0 Å². The summed E-state index contributed by atoms with van der Waals surface area (Å²) in [5.41, 5.74) is 0. The minimum absolute atomic E-state index is 0.138. The third-order valence-corrected chi connectivity index (χ3v) is 2.66. The highest BCUT2D eigenvalue weighted by atomic mass is 16.7. The van der Waals surface area contributed by atoms with Crippen molar-refractivity contribution in [2.45, 2.75) is 18.9 Å². The first-order valence-corrected chi connectivity index (χ1v) is 5.29. The average Bonchev–Trinajstić information content (AvgIpc) is 2.71. The first-order chi connectivity index (χ1) is 7.75. The van der Waals surface area contributed by atoms with E-state index in [2.05, 4.69) is 0 Å². The lowest BCUT2D eigenvalue weighted by Crippen LogP contribution is -2.15. The zero-order valence-electron chi connectivity index (χ0n) is 8.83. The number of allylic oxidation sites excluding steroid dienone is 4. The molecule has 0 aromatic carbocycles. The van der Waals surface area contributed by atoms with E-state index in [0.29, 0.717) is 12.7 Å². The van der Waals surface area contributed by atoms with Crippen molar-refractivity contribution >= 4 is 5.97 Å². The van der Waals surface area contributed by atoms with Crippen LogP contribution in [0.15, 0.2) is 36.1 Å². The molecular weight excluding hydrogens is 208 g/mol. The molecule has 2 aliphatic rings. The number of carboxylic acids is 1. The molecule has 0 saturated carbocycles. The van der Waals surface area contributed by atoms with Crippen molar-refractivity contribution in [2.75, 3.05) is 6.79 Å². The van der Waals surface area contributed by atoms with Gasteiger partial charge in [0, 0.05) is 6.08 Å². The zero-order chi connectivity index (χ0) is 11.4. The molecule has 0 bridgehead atoms. The maximum absolute atomic E-state index is 10.2. The lowest BCUT2D eigenvalue weighted by atomic mass is 9.92. The van der Waals surface area contributed by atoms with Gasteiger partial charge in [-0.1, -0.05) is 18.2 Å². The molecular formula is C12H14O4. The fraction of sp³-hybridized carbons (Fsp3) is 0.417. The monoisotopic (exact) mass is 222 g/mol. The number of carbonyl (C=O) groups is 1. The van der Waals surface area contributed by atoms with Crippen LogP contribution in [0, 0.1) is 5.92 Å². The normalized spacial score (nSPS) is 29.1. The first kappa shape index (κ1) is 11.0. The lowest BCUT2D eigenvalue weighted by Gasteiger charge is -2.18. The summed E-state index contributed by atoms with van der Waals surface area (Å²) in [5, 5.41) is 8.40. The van der Waals surface area contributed by atoms with Crippen LogP contribution in [-0.4, -0.2) is 24.0 Å². The number of carboxylic acid groups (broad SMARTS) is 1. The van der Waals surface area contributed by atoms with Crippen molar-refractivity contribution in [3.8, 4) is 0 Å². The van der Waals surface area contributed by atoms with E-state index in [1.807, 2.05) is 12.2 Å². The van der Waals surface area contributed by atoms with Crippen LogP contribution < -0.4 is 0 Å². The number of fused-ring (bicyclic) bond motifs is 1. The van der Waals surface area contributed by atoms with E-state index in [1.165, 1.54) is 6.08 Å². The molecule has 2 atom stereocenters. The van der Waals surface area contributed by atoms with Gasteiger partial charge in [0.2, 0.25) is 0 Å². The second-order valence-corrected chi connectivity index (χ2v) is 3.81. The van der Waals surface area contributed by atoms with Gasteiger partial charge in [-0.05, 0) is 24.8 Å². The van der Waals surface area contributed by atoms with E-state index in [-0.39, 0.29) is 6.10 Å². The lowest BCUT2D eigenvalue weighted by molar-refractivity contribution is -0.131. The standard InChI is InChI=1S/C12H14O4/c13-12(14)4-2-1-3-9-5-6-10-11(7-9)16-8-15-10/h1-4,7,9-10H,5-6,8H2,(H,13,14)/b3-1+,4-2+/t9-,10-/m1/s1. The van der Waals surface area contributed by atoms with Gasteiger partial charge in [-0.25, -0.2) is 4.79 Å². The summed E-state index contributed by atoms with van der Waals surface area (Å²) in [6.45, 7) is 0.353. The van der Waals surface area contributed by atoms with E-state index >= 15 is 0 Å². The van der Waals surface area contributed by atoms with Gasteiger partial charge in [-0.3, -0.25) is 0 Å². The Morgan fingerprint density at radius 2 is 2.31 bits per heavy atom. The van der Waals surface area contributed by atoms with Crippen LogP contribution in [0.5, 0.6) is 0 Å². The molecule has 0 spiro atoms. The fourth-order valence-corrected chi connectivity index (χ4v) is 1.87. The molecule has 0 radical (unpaired) electrons. The molecule has 0 amide bonds. The molecule has 0 unspecified atom stereocenters. The van der Waals surface area contributed by atoms with E-state index in [9.17, 15) is 4.79 Å². The van der Waals surface area contributed by atoms with Gasteiger partial charge in [-0.2, -0.15) is 0 Å². The molecule has 4 heteroatoms. The average molecular weight is 222 g/mol. The number of rotatable bonds is 3. The Morgan fingerprint density at radius 3 is 3.12 bits per heavy atom. The topological polar surface area (TPSA) is 55.8 Å². The molecule has 1 aliphatic carbocycles. The zero-order valence-corrected chi connectivity index (χ0v) is 8.83. The Balaban J connectivity index is 1.91. The van der Waals surface area contributed by atoms with Gasteiger partial charge in [-0.15, -0.1) is 0 Å². The largest absolute Gasteiger partial charge is 0.478 e. The molecule has 1 fully saturated rings. The van der Waals surface area contributed by atoms with Crippen LogP contribution in [-0.2, 0) is 14.3 Å². The Morgan fingerprint density at radius 1 is 1.44 bits per heavy atom. The predicted molar refractivity (Wildman–Crippen MR) is 57.5 cm³/mol. The Bertz CT molecular complexity index is 354. The highest BCUT2D eigenvalue weighted by molar-refractivity contribution is 5.80. The Labute approximate surface area is 93.9 Å². The van der Waals surface area contributed by atoms with Crippen LogP contribution in [0.25, 0.3) is 0 Å². The van der Waals surface area contributed by atoms with Gasteiger partial charge in [0.05, 0.1) is 0 Å². The third kappa shape index (κ3) is 2.73. The second-order valence-electron chi connectivity index (χ2n) is 3.81. The number of aliphatic carboxylic acids is 1. The SMILES string of the molecule is O=C(O)/C=C/C=C/[C@H]1C=C2OCO[C@@H]2CC1. The number of hydrogen-bond donors (Lipinski definition) is 1. The van der Waals surface area contributed by atoms with Crippen LogP contribution in [0.3, 0.4) is 0 Å². The Kier molecular flexibility index (Phi) is 3.41. The number of ether oxygens (including phenoxy) is 2. The highest BCUT2D eigenvalue weighted by Gasteiger charge is 2.28. The minimum Gasteiger partial charge on any atom is -0.478 e. The van der Waals surface area contributed by atoms with Crippen LogP contribution in [0.2, 0.25) is 0 Å². The molecule has 4 nitrogen and oxygen atoms in total. The predicted octanol–water partition coefficient (Wildman–Crippen LogP) is 1.85. The van der Waals surface area contributed by atoms with Gasteiger partial charge in [0.25, 0.3) is 0 Å². The summed E-state index contributed by atoms with van der Waals surface area (Å²) in [4.78, 5) is 10.2. The van der Waals surface area contributed by atoms with Crippen LogP contribution in [0.4, 0.5) is 0 Å². The van der Waals surface area contributed by atoms with Crippen LogP contribution in [0.1, 0.15) is 12.8 Å². The first-order valence-electron chi connectivity index (χ1n) is 5.29. The summed E-state index contributed by atoms with van der Waals surface area (Å²) in [5.74, 6) is 0.300. The molecule has 86 valence electrons. The second kappa shape index (κ2) is 4.99. The summed E-state index contributed by atoms with van der Waals surface area (Å²) in [7, 11) is 0. The molecule has 1 saturated heterocycles. The van der Waals surface area contributed by atoms with Crippen molar-refractivity contribution in [1.29, 1.82) is 0 Å². The van der Waals surface area contributed by atoms with Crippen molar-refractivity contribution in [3.05, 3.63) is 36.1 Å². The van der Waals surface area contributed by atoms with Crippen molar-refractivity contribution < 1.29 is 19.4 Å². The fourth-order valence-electron chi connectivity index (χ4n) is 1.87. The van der Waals surface area contributed by atoms with Gasteiger partial charge in [0.1, 0.15) is 11.9 Å². The molecule has 16 heavy (non-hydrogen) atoms. The van der Waals surface area contributed by atoms with Gasteiger partial charge >= 0.3 is 5.97 Å². The van der Waals surface area contributed by atoms with E-state index < -0.39 is 5.97 Å².